The summed E-state index contributed by atoms with van der Waals surface area (Å²) in [6, 6.07) is 19.8. The zero-order valence-corrected chi connectivity index (χ0v) is 17.4. The SMILES string of the molecule is Cc1ccc(C(=O)O/N=C2\CC(C)(C)Cc3c2cc(C)n3-c2ccccc2)cc1. The third kappa shape index (κ3) is 3.88. The lowest BCUT2D eigenvalue weighted by molar-refractivity contribution is 0.0514. The molecule has 4 heteroatoms. The normalized spacial score (nSPS) is 16.5. The van der Waals surface area contributed by atoms with Gasteiger partial charge in [0, 0.05) is 22.6 Å². The van der Waals surface area contributed by atoms with Crippen molar-refractivity contribution in [3.8, 4) is 5.69 Å². The Balaban J connectivity index is 1.70. The van der Waals surface area contributed by atoms with Crippen molar-refractivity contribution in [2.45, 2.75) is 40.5 Å². The number of hydrogen-bond acceptors (Lipinski definition) is 3. The van der Waals surface area contributed by atoms with Crippen LogP contribution in [0.15, 0.2) is 65.8 Å². The molecule has 0 spiro atoms. The van der Waals surface area contributed by atoms with Crippen LogP contribution in [0.1, 0.15) is 53.1 Å². The van der Waals surface area contributed by atoms with Crippen LogP contribution in [0.25, 0.3) is 5.69 Å². The Morgan fingerprint density at radius 2 is 1.69 bits per heavy atom. The molecule has 1 heterocycles. The summed E-state index contributed by atoms with van der Waals surface area (Å²) < 4.78 is 2.29. The van der Waals surface area contributed by atoms with Gasteiger partial charge in [0.05, 0.1) is 11.3 Å². The number of carbonyl (C=O) groups is 1. The highest BCUT2D eigenvalue weighted by Crippen LogP contribution is 2.38. The van der Waals surface area contributed by atoms with Crippen molar-refractivity contribution in [3.63, 3.8) is 0 Å². The zero-order chi connectivity index (χ0) is 20.6. The molecule has 0 radical (unpaired) electrons. The number of para-hydroxylation sites is 1. The topological polar surface area (TPSA) is 43.6 Å². The minimum absolute atomic E-state index is 0.0272. The first-order valence-corrected chi connectivity index (χ1v) is 9.96. The van der Waals surface area contributed by atoms with E-state index in [1.54, 1.807) is 12.1 Å². The van der Waals surface area contributed by atoms with Crippen LogP contribution in [-0.4, -0.2) is 16.2 Å². The van der Waals surface area contributed by atoms with E-state index in [0.29, 0.717) is 5.56 Å². The molecule has 0 amide bonds. The Kier molecular flexibility index (Phi) is 4.87. The molecule has 4 rings (SSSR count). The minimum Gasteiger partial charge on any atom is -0.318 e. The van der Waals surface area contributed by atoms with E-state index < -0.39 is 5.97 Å². The molecule has 29 heavy (non-hydrogen) atoms. The minimum atomic E-state index is -0.429. The summed E-state index contributed by atoms with van der Waals surface area (Å²) in [7, 11) is 0. The van der Waals surface area contributed by atoms with Crippen molar-refractivity contribution in [3.05, 3.63) is 88.7 Å². The number of fused-ring (bicyclic) bond motifs is 1. The van der Waals surface area contributed by atoms with Crippen LogP contribution in [-0.2, 0) is 11.3 Å². The van der Waals surface area contributed by atoms with E-state index in [0.717, 1.165) is 41.1 Å². The molecule has 4 nitrogen and oxygen atoms in total. The second-order valence-corrected chi connectivity index (χ2v) is 8.62. The lowest BCUT2D eigenvalue weighted by atomic mass is 9.76. The number of oxime groups is 1. The third-order valence-electron chi connectivity index (χ3n) is 5.43. The monoisotopic (exact) mass is 386 g/mol. The van der Waals surface area contributed by atoms with Crippen molar-refractivity contribution in [1.29, 1.82) is 0 Å². The van der Waals surface area contributed by atoms with E-state index in [1.165, 1.54) is 5.69 Å². The summed E-state index contributed by atoms with van der Waals surface area (Å²) in [6.45, 7) is 8.55. The van der Waals surface area contributed by atoms with Gasteiger partial charge in [0.2, 0.25) is 0 Å². The second-order valence-electron chi connectivity index (χ2n) is 8.62. The Morgan fingerprint density at radius 1 is 1.00 bits per heavy atom. The summed E-state index contributed by atoms with van der Waals surface area (Å²) in [5.41, 5.74) is 7.04. The maximum Gasteiger partial charge on any atom is 0.365 e. The number of rotatable bonds is 3. The third-order valence-corrected chi connectivity index (χ3v) is 5.43. The van der Waals surface area contributed by atoms with Crippen LogP contribution in [0.2, 0.25) is 0 Å². The zero-order valence-electron chi connectivity index (χ0n) is 17.4. The number of aryl methyl sites for hydroxylation is 2. The summed E-state index contributed by atoms with van der Waals surface area (Å²) >= 11 is 0. The van der Waals surface area contributed by atoms with Gasteiger partial charge < -0.3 is 9.40 Å². The van der Waals surface area contributed by atoms with E-state index in [9.17, 15) is 4.79 Å². The fourth-order valence-electron chi connectivity index (χ4n) is 4.04. The summed E-state index contributed by atoms with van der Waals surface area (Å²) in [6.07, 6.45) is 1.70. The van der Waals surface area contributed by atoms with E-state index in [4.69, 9.17) is 4.84 Å². The van der Waals surface area contributed by atoms with Crippen molar-refractivity contribution < 1.29 is 9.63 Å². The predicted molar refractivity (Wildman–Crippen MR) is 116 cm³/mol. The highest BCUT2D eigenvalue weighted by Gasteiger charge is 2.33. The van der Waals surface area contributed by atoms with Gasteiger partial charge in [0.1, 0.15) is 0 Å². The standard InChI is InChI=1S/C25H26N2O2/c1-17-10-12-19(13-11-17)24(28)29-26-22-15-25(3,4)16-23-21(22)14-18(2)27(23)20-8-6-5-7-9-20/h5-14H,15-16H2,1-4H3/b26-22+. The highest BCUT2D eigenvalue weighted by molar-refractivity contribution is 6.03. The molecule has 0 aliphatic heterocycles. The fourth-order valence-corrected chi connectivity index (χ4v) is 4.04. The van der Waals surface area contributed by atoms with E-state index in [-0.39, 0.29) is 5.41 Å². The molecule has 0 saturated heterocycles. The summed E-state index contributed by atoms with van der Waals surface area (Å²) in [5, 5.41) is 4.32. The van der Waals surface area contributed by atoms with Crippen molar-refractivity contribution >= 4 is 11.7 Å². The van der Waals surface area contributed by atoms with Gasteiger partial charge in [-0.1, -0.05) is 54.9 Å². The maximum absolute atomic E-state index is 12.4. The summed E-state index contributed by atoms with van der Waals surface area (Å²) in [5.74, 6) is -0.429. The Labute approximate surface area is 171 Å². The predicted octanol–water partition coefficient (Wildman–Crippen LogP) is 5.63. The number of nitrogens with zero attached hydrogens (tertiary/aromatic N) is 2. The van der Waals surface area contributed by atoms with Gasteiger partial charge in [-0.3, -0.25) is 0 Å². The first-order chi connectivity index (χ1) is 13.8. The van der Waals surface area contributed by atoms with Crippen molar-refractivity contribution in [2.24, 2.45) is 10.6 Å². The molecular formula is C25H26N2O2. The lowest BCUT2D eigenvalue weighted by Crippen LogP contribution is -2.28. The molecule has 1 aliphatic carbocycles. The molecule has 0 saturated carbocycles. The van der Waals surface area contributed by atoms with Crippen LogP contribution in [0.4, 0.5) is 0 Å². The largest absolute Gasteiger partial charge is 0.365 e. The molecule has 1 aliphatic rings. The Hall–Kier alpha value is -3.14. The van der Waals surface area contributed by atoms with Gasteiger partial charge in [0.25, 0.3) is 0 Å². The van der Waals surface area contributed by atoms with Crippen LogP contribution >= 0.6 is 0 Å². The molecule has 3 aromatic rings. The van der Waals surface area contributed by atoms with Gasteiger partial charge in [-0.15, -0.1) is 0 Å². The van der Waals surface area contributed by atoms with Crippen molar-refractivity contribution in [2.75, 3.05) is 0 Å². The number of benzene rings is 2. The number of carbonyl (C=O) groups excluding carboxylic acids is 1. The van der Waals surface area contributed by atoms with Crippen LogP contribution < -0.4 is 0 Å². The van der Waals surface area contributed by atoms with Crippen LogP contribution in [0, 0.1) is 19.3 Å². The molecule has 148 valence electrons. The quantitative estimate of drug-likeness (QED) is 0.433. The van der Waals surface area contributed by atoms with E-state index in [2.05, 4.69) is 48.7 Å². The molecule has 1 aromatic heterocycles. The van der Waals surface area contributed by atoms with Crippen LogP contribution in [0.3, 0.4) is 0 Å². The van der Waals surface area contributed by atoms with Gasteiger partial charge >= 0.3 is 5.97 Å². The van der Waals surface area contributed by atoms with Gasteiger partial charge in [-0.05, 0) is 62.4 Å². The van der Waals surface area contributed by atoms with E-state index in [1.807, 2.05) is 37.3 Å². The molecular weight excluding hydrogens is 360 g/mol. The molecule has 0 bridgehead atoms. The fraction of sp³-hybridized carbons (Fsp3) is 0.280. The first kappa shape index (κ1) is 19.2. The van der Waals surface area contributed by atoms with Gasteiger partial charge in [0.15, 0.2) is 0 Å². The average Bonchev–Trinajstić information content (AvgIpc) is 3.01. The van der Waals surface area contributed by atoms with Gasteiger partial charge in [-0.2, -0.15) is 0 Å². The molecule has 0 atom stereocenters. The molecule has 2 aromatic carbocycles. The summed E-state index contributed by atoms with van der Waals surface area (Å²) in [4.78, 5) is 17.8. The lowest BCUT2D eigenvalue weighted by Gasteiger charge is -2.31. The number of aromatic nitrogens is 1. The van der Waals surface area contributed by atoms with Crippen molar-refractivity contribution in [1.82, 2.24) is 4.57 Å². The van der Waals surface area contributed by atoms with Crippen LogP contribution in [0.5, 0.6) is 0 Å². The average molecular weight is 386 g/mol. The van der Waals surface area contributed by atoms with E-state index >= 15 is 0 Å². The first-order valence-electron chi connectivity index (χ1n) is 9.96. The molecule has 0 N–H and O–H groups in total. The molecule has 0 fully saturated rings. The Morgan fingerprint density at radius 3 is 2.38 bits per heavy atom. The maximum atomic E-state index is 12.4. The number of hydrogen-bond donors (Lipinski definition) is 0. The Bertz CT molecular complexity index is 1070. The second kappa shape index (κ2) is 7.36. The van der Waals surface area contributed by atoms with Gasteiger partial charge in [-0.25, -0.2) is 4.79 Å². The molecule has 0 unspecified atom stereocenters. The highest BCUT2D eigenvalue weighted by atomic mass is 16.7. The smallest absolute Gasteiger partial charge is 0.318 e.